The molecule has 8 aromatic carbocycles. The highest BCUT2D eigenvalue weighted by molar-refractivity contribution is 6.28. The van der Waals surface area contributed by atoms with Gasteiger partial charge in [0.2, 0.25) is 0 Å². The molecule has 0 aliphatic carbocycles. The second-order valence-electron chi connectivity index (χ2n) is 13.8. The standard InChI is InChI=1S/C50H30N2O/c1-2-14-47-41(11-1)44-13-4-12-40(50(44)53-47)31-15-17-32(18-16-31)45-28-46(43-22-20-34-8-3-7-33-19-21-42(45)49(43)48(33)34)39-26-37(35-9-5-23-51-29-35)25-38(27-39)36-10-6-24-52-30-36/h1-30H. The summed E-state index contributed by atoms with van der Waals surface area (Å²) in [7, 11) is 0. The van der Waals surface area contributed by atoms with Crippen LogP contribution < -0.4 is 0 Å². The van der Waals surface area contributed by atoms with Crippen LogP contribution in [0.25, 0.3) is 110 Å². The van der Waals surface area contributed by atoms with E-state index in [1.54, 1.807) is 0 Å². The van der Waals surface area contributed by atoms with Gasteiger partial charge in [-0.15, -0.1) is 0 Å². The Morgan fingerprint density at radius 2 is 0.925 bits per heavy atom. The predicted molar refractivity (Wildman–Crippen MR) is 220 cm³/mol. The Hall–Kier alpha value is -7.10. The van der Waals surface area contributed by atoms with E-state index in [0.717, 1.165) is 60.9 Å². The average Bonchev–Trinajstić information content (AvgIpc) is 3.62. The fourth-order valence-electron chi connectivity index (χ4n) is 8.30. The molecule has 3 nitrogen and oxygen atoms in total. The van der Waals surface area contributed by atoms with Gasteiger partial charge in [-0.05, 0) is 114 Å². The van der Waals surface area contributed by atoms with Crippen LogP contribution in [0.15, 0.2) is 187 Å². The van der Waals surface area contributed by atoms with Crippen molar-refractivity contribution in [2.75, 3.05) is 0 Å². The molecule has 0 atom stereocenters. The number of benzene rings is 8. The quantitative estimate of drug-likeness (QED) is 0.171. The highest BCUT2D eigenvalue weighted by Gasteiger charge is 2.19. The van der Waals surface area contributed by atoms with E-state index in [1.807, 2.05) is 49.1 Å². The molecule has 0 radical (unpaired) electrons. The van der Waals surface area contributed by atoms with E-state index >= 15 is 0 Å². The molecular formula is C50H30N2O. The number of fused-ring (bicyclic) bond motifs is 3. The van der Waals surface area contributed by atoms with Gasteiger partial charge in [-0.25, -0.2) is 0 Å². The molecule has 0 saturated carbocycles. The molecule has 11 rings (SSSR count). The minimum absolute atomic E-state index is 0.909. The first-order chi connectivity index (χ1) is 26.3. The topological polar surface area (TPSA) is 38.9 Å². The summed E-state index contributed by atoms with van der Waals surface area (Å²) in [6.45, 7) is 0. The summed E-state index contributed by atoms with van der Waals surface area (Å²) in [6.07, 6.45) is 7.53. The lowest BCUT2D eigenvalue weighted by molar-refractivity contribution is 0.670. The molecular weight excluding hydrogens is 645 g/mol. The summed E-state index contributed by atoms with van der Waals surface area (Å²) in [5.74, 6) is 0. The lowest BCUT2D eigenvalue weighted by Gasteiger charge is -2.19. The van der Waals surface area contributed by atoms with Crippen LogP contribution in [-0.4, -0.2) is 9.97 Å². The first-order valence-corrected chi connectivity index (χ1v) is 17.9. The molecule has 0 unspecified atom stereocenters. The predicted octanol–water partition coefficient (Wildman–Crippen LogP) is 13.6. The number of aromatic nitrogens is 2. The molecule has 3 aromatic heterocycles. The first kappa shape index (κ1) is 29.6. The lowest BCUT2D eigenvalue weighted by atomic mass is 9.84. The van der Waals surface area contributed by atoms with Crippen molar-refractivity contribution in [3.8, 4) is 55.6 Å². The third-order valence-electron chi connectivity index (χ3n) is 10.8. The molecule has 3 heteroatoms. The number of rotatable bonds is 5. The number of furan rings is 1. The van der Waals surface area contributed by atoms with E-state index in [0.29, 0.717) is 0 Å². The van der Waals surface area contributed by atoms with Crippen molar-refractivity contribution < 1.29 is 4.42 Å². The highest BCUT2D eigenvalue weighted by Crippen LogP contribution is 2.46. The van der Waals surface area contributed by atoms with Gasteiger partial charge >= 0.3 is 0 Å². The summed E-state index contributed by atoms with van der Waals surface area (Å²) < 4.78 is 6.42. The Labute approximate surface area is 305 Å². The van der Waals surface area contributed by atoms with Crippen molar-refractivity contribution in [3.63, 3.8) is 0 Å². The molecule has 0 fully saturated rings. The van der Waals surface area contributed by atoms with Crippen LogP contribution in [0.3, 0.4) is 0 Å². The van der Waals surface area contributed by atoms with Crippen LogP contribution in [0.5, 0.6) is 0 Å². The number of para-hydroxylation sites is 2. The Balaban J connectivity index is 1.15. The lowest BCUT2D eigenvalue weighted by Crippen LogP contribution is -1.92. The molecule has 0 aliphatic heterocycles. The molecule has 0 amide bonds. The van der Waals surface area contributed by atoms with Gasteiger partial charge in [-0.1, -0.05) is 115 Å². The zero-order valence-corrected chi connectivity index (χ0v) is 28.6. The van der Waals surface area contributed by atoms with Crippen molar-refractivity contribution in [2.24, 2.45) is 0 Å². The van der Waals surface area contributed by atoms with Crippen molar-refractivity contribution >= 4 is 54.3 Å². The molecule has 0 saturated heterocycles. The van der Waals surface area contributed by atoms with E-state index in [2.05, 4.69) is 143 Å². The van der Waals surface area contributed by atoms with Crippen LogP contribution in [-0.2, 0) is 0 Å². The minimum Gasteiger partial charge on any atom is -0.455 e. The Morgan fingerprint density at radius 3 is 1.58 bits per heavy atom. The summed E-state index contributed by atoms with van der Waals surface area (Å²) in [6, 6.07) is 57.0. The summed E-state index contributed by atoms with van der Waals surface area (Å²) >= 11 is 0. The molecule has 0 N–H and O–H groups in total. The number of nitrogens with zero attached hydrogens (tertiary/aromatic N) is 2. The van der Waals surface area contributed by atoms with Gasteiger partial charge in [0, 0.05) is 52.3 Å². The van der Waals surface area contributed by atoms with Gasteiger partial charge in [-0.3, -0.25) is 9.97 Å². The van der Waals surface area contributed by atoms with Crippen LogP contribution in [0.4, 0.5) is 0 Å². The fraction of sp³-hybridized carbons (Fsp3) is 0. The van der Waals surface area contributed by atoms with Crippen LogP contribution >= 0.6 is 0 Å². The van der Waals surface area contributed by atoms with Gasteiger partial charge in [0.1, 0.15) is 11.2 Å². The fourth-order valence-corrected chi connectivity index (χ4v) is 8.30. The third-order valence-corrected chi connectivity index (χ3v) is 10.8. The normalized spacial score (nSPS) is 11.8. The van der Waals surface area contributed by atoms with E-state index < -0.39 is 0 Å². The molecule has 3 heterocycles. The maximum absolute atomic E-state index is 6.42. The van der Waals surface area contributed by atoms with E-state index in [-0.39, 0.29) is 0 Å². The van der Waals surface area contributed by atoms with E-state index in [1.165, 1.54) is 49.0 Å². The smallest absolute Gasteiger partial charge is 0.143 e. The second-order valence-corrected chi connectivity index (χ2v) is 13.8. The van der Waals surface area contributed by atoms with Gasteiger partial charge in [0.15, 0.2) is 0 Å². The molecule has 0 aliphatic rings. The monoisotopic (exact) mass is 674 g/mol. The molecule has 0 bridgehead atoms. The van der Waals surface area contributed by atoms with Crippen molar-refractivity contribution in [1.82, 2.24) is 9.97 Å². The Bertz CT molecular complexity index is 3070. The molecule has 246 valence electrons. The van der Waals surface area contributed by atoms with Gasteiger partial charge < -0.3 is 4.42 Å². The van der Waals surface area contributed by atoms with E-state index in [9.17, 15) is 0 Å². The zero-order chi connectivity index (χ0) is 34.9. The molecule has 11 aromatic rings. The number of pyridine rings is 2. The average molecular weight is 675 g/mol. The second kappa shape index (κ2) is 11.7. The largest absolute Gasteiger partial charge is 0.455 e. The highest BCUT2D eigenvalue weighted by atomic mass is 16.3. The van der Waals surface area contributed by atoms with Crippen molar-refractivity contribution in [2.45, 2.75) is 0 Å². The first-order valence-electron chi connectivity index (χ1n) is 17.9. The Kier molecular flexibility index (Phi) is 6.55. The minimum atomic E-state index is 0.909. The molecule has 53 heavy (non-hydrogen) atoms. The van der Waals surface area contributed by atoms with Crippen LogP contribution in [0, 0.1) is 0 Å². The van der Waals surface area contributed by atoms with Gasteiger partial charge in [-0.2, -0.15) is 0 Å². The van der Waals surface area contributed by atoms with Gasteiger partial charge in [0.05, 0.1) is 0 Å². The summed E-state index contributed by atoms with van der Waals surface area (Å²) in [5.41, 5.74) is 13.1. The number of hydrogen-bond donors (Lipinski definition) is 0. The van der Waals surface area contributed by atoms with Crippen LogP contribution in [0.1, 0.15) is 0 Å². The Morgan fingerprint density at radius 1 is 0.340 bits per heavy atom. The van der Waals surface area contributed by atoms with Gasteiger partial charge in [0.25, 0.3) is 0 Å². The SMILES string of the molecule is c1cncc(-c2cc(-c3cccnc3)cc(-c3cc(-c4ccc(-c5cccc6c5oc5ccccc56)cc4)c4ccc5cccc6ccc3c4c56)c2)c1. The maximum atomic E-state index is 6.42. The van der Waals surface area contributed by atoms with Crippen molar-refractivity contribution in [3.05, 3.63) is 183 Å². The zero-order valence-electron chi connectivity index (χ0n) is 28.6. The van der Waals surface area contributed by atoms with Crippen LogP contribution in [0.2, 0.25) is 0 Å². The molecule has 0 spiro atoms. The van der Waals surface area contributed by atoms with E-state index in [4.69, 9.17) is 4.42 Å². The number of hydrogen-bond acceptors (Lipinski definition) is 3. The van der Waals surface area contributed by atoms with Crippen molar-refractivity contribution in [1.29, 1.82) is 0 Å². The summed E-state index contributed by atoms with van der Waals surface area (Å²) in [4.78, 5) is 8.93. The third kappa shape index (κ3) is 4.75. The summed E-state index contributed by atoms with van der Waals surface area (Å²) in [5, 5.41) is 9.85. The maximum Gasteiger partial charge on any atom is 0.143 e.